The van der Waals surface area contributed by atoms with Crippen LogP contribution in [0.5, 0.6) is 0 Å². The zero-order valence-electron chi connectivity index (χ0n) is 15.2. The number of halogens is 5. The molecule has 0 saturated carbocycles. The Kier molecular flexibility index (Phi) is 6.05. The van der Waals surface area contributed by atoms with Gasteiger partial charge in [-0.2, -0.15) is 18.2 Å². The van der Waals surface area contributed by atoms with Crippen LogP contribution < -0.4 is 15.8 Å². The second-order valence-corrected chi connectivity index (χ2v) is 6.22. The van der Waals surface area contributed by atoms with E-state index in [-0.39, 0.29) is 22.9 Å². The molecule has 0 aliphatic rings. The van der Waals surface area contributed by atoms with Crippen LogP contribution >= 0.6 is 0 Å². The highest BCUT2D eigenvalue weighted by Crippen LogP contribution is 2.32. The molecule has 0 saturated heterocycles. The number of H-pyrrole nitrogens is 1. The molecule has 0 radical (unpaired) electrons. The molecule has 6 nitrogen and oxygen atoms in total. The van der Waals surface area contributed by atoms with Gasteiger partial charge in [-0.25, -0.2) is 8.78 Å². The highest BCUT2D eigenvalue weighted by atomic mass is 19.4. The maximum Gasteiger partial charge on any atom is 0.416 e. The Bertz CT molecular complexity index is 939. The normalized spacial score (nSPS) is 12.6. The van der Waals surface area contributed by atoms with Crippen LogP contribution in [0.15, 0.2) is 23.0 Å². The van der Waals surface area contributed by atoms with Crippen LogP contribution in [0, 0.1) is 11.2 Å². The van der Waals surface area contributed by atoms with E-state index in [1.54, 1.807) is 14.1 Å². The fourth-order valence-corrected chi connectivity index (χ4v) is 2.46. The number of hydrogen-bond donors (Lipinski definition) is 3. The third-order valence-electron chi connectivity index (χ3n) is 3.91. The minimum Gasteiger partial charge on any atom is -0.363 e. The zero-order chi connectivity index (χ0) is 21.2. The fourth-order valence-electron chi connectivity index (χ4n) is 2.46. The molecular weight excluding hydrogens is 385 g/mol. The van der Waals surface area contributed by atoms with Crippen LogP contribution in [0.4, 0.5) is 33.7 Å². The quantitative estimate of drug-likeness (QED) is 0.509. The predicted molar refractivity (Wildman–Crippen MR) is 95.4 cm³/mol. The highest BCUT2D eigenvalue weighted by molar-refractivity contribution is 6.02. The molecule has 1 unspecified atom stereocenters. The Hall–Kier alpha value is -2.98. The number of anilines is 2. The maximum atomic E-state index is 14.2. The molecule has 0 aliphatic carbocycles. The second kappa shape index (κ2) is 7.95. The summed E-state index contributed by atoms with van der Waals surface area (Å²) in [6, 6.07) is 1.15. The van der Waals surface area contributed by atoms with Gasteiger partial charge in [0.1, 0.15) is 23.9 Å². The molecule has 0 aliphatic heterocycles. The molecule has 152 valence electrons. The van der Waals surface area contributed by atoms with E-state index in [2.05, 4.69) is 15.3 Å². The smallest absolute Gasteiger partial charge is 0.363 e. The lowest BCUT2D eigenvalue weighted by Gasteiger charge is -2.20. The average molecular weight is 403 g/mol. The number of alkyl halides is 4. The molecule has 1 aromatic heterocycles. The molecule has 0 amide bonds. The summed E-state index contributed by atoms with van der Waals surface area (Å²) >= 11 is 0. The van der Waals surface area contributed by atoms with Crippen LogP contribution in [-0.2, 0) is 6.18 Å². The van der Waals surface area contributed by atoms with Gasteiger partial charge < -0.3 is 15.6 Å². The first-order valence-electron chi connectivity index (χ1n) is 8.04. The summed E-state index contributed by atoms with van der Waals surface area (Å²) in [5, 5.41) is 10.3. The van der Waals surface area contributed by atoms with Gasteiger partial charge in [0.05, 0.1) is 17.3 Å². The van der Waals surface area contributed by atoms with E-state index in [4.69, 9.17) is 5.41 Å². The van der Waals surface area contributed by atoms with Gasteiger partial charge in [-0.1, -0.05) is 6.07 Å². The Morgan fingerprint density at radius 1 is 1.36 bits per heavy atom. The summed E-state index contributed by atoms with van der Waals surface area (Å²) in [6.07, 6.45) is -4.69. The third kappa shape index (κ3) is 4.46. The monoisotopic (exact) mass is 403 g/mol. The van der Waals surface area contributed by atoms with Gasteiger partial charge in [-0.15, -0.1) is 0 Å². The van der Waals surface area contributed by atoms with Crippen molar-refractivity contribution in [1.82, 2.24) is 9.97 Å². The molecule has 2 rings (SSSR count). The van der Waals surface area contributed by atoms with E-state index < -0.39 is 41.5 Å². The lowest BCUT2D eigenvalue weighted by Crippen LogP contribution is -2.27. The number of hydrogen-bond acceptors (Lipinski definition) is 5. The van der Waals surface area contributed by atoms with Crippen molar-refractivity contribution in [3.8, 4) is 0 Å². The number of benzene rings is 1. The summed E-state index contributed by atoms with van der Waals surface area (Å²) in [6.45, 7) is 0.205. The molecule has 1 atom stereocenters. The van der Waals surface area contributed by atoms with Gasteiger partial charge in [0.15, 0.2) is 0 Å². The Labute approximate surface area is 156 Å². The minimum atomic E-state index is -4.69. The largest absolute Gasteiger partial charge is 0.416 e. The van der Waals surface area contributed by atoms with Crippen LogP contribution in [-0.4, -0.2) is 36.4 Å². The summed E-state index contributed by atoms with van der Waals surface area (Å²) in [5.74, 6) is -1.18. The van der Waals surface area contributed by atoms with Crippen LogP contribution in [0.1, 0.15) is 29.7 Å². The Morgan fingerprint density at radius 3 is 2.50 bits per heavy atom. The van der Waals surface area contributed by atoms with E-state index >= 15 is 0 Å². The van der Waals surface area contributed by atoms with Crippen molar-refractivity contribution >= 4 is 17.5 Å². The van der Waals surface area contributed by atoms with Crippen molar-refractivity contribution in [2.75, 3.05) is 31.0 Å². The van der Waals surface area contributed by atoms with Crippen molar-refractivity contribution < 1.29 is 22.0 Å². The molecule has 28 heavy (non-hydrogen) atoms. The van der Waals surface area contributed by atoms with Gasteiger partial charge in [-0.05, 0) is 19.1 Å². The number of nitrogens with zero attached hydrogens (tertiary/aromatic N) is 2. The van der Waals surface area contributed by atoms with Crippen molar-refractivity contribution in [3.05, 3.63) is 51.1 Å². The van der Waals surface area contributed by atoms with Crippen molar-refractivity contribution in [1.29, 1.82) is 5.41 Å². The van der Waals surface area contributed by atoms with Gasteiger partial charge >= 0.3 is 6.18 Å². The first-order valence-corrected chi connectivity index (χ1v) is 8.04. The first-order chi connectivity index (χ1) is 13.0. The van der Waals surface area contributed by atoms with E-state index in [0.717, 1.165) is 12.1 Å². The molecule has 3 N–H and O–H groups in total. The van der Waals surface area contributed by atoms with Gasteiger partial charge in [0.25, 0.3) is 5.56 Å². The molecule has 2 aromatic rings. The molecule has 1 aromatic carbocycles. The molecular formula is C17H18F5N5O. The van der Waals surface area contributed by atoms with Crippen LogP contribution in [0.3, 0.4) is 0 Å². The summed E-state index contributed by atoms with van der Waals surface area (Å²) < 4.78 is 65.3. The fraction of sp³-hybridized carbons (Fsp3) is 0.353. The van der Waals surface area contributed by atoms with Gasteiger partial charge in [0, 0.05) is 19.7 Å². The number of rotatable bonds is 6. The van der Waals surface area contributed by atoms with Gasteiger partial charge in [0.2, 0.25) is 5.95 Å². The average Bonchev–Trinajstić information content (AvgIpc) is 2.59. The second-order valence-electron chi connectivity index (χ2n) is 6.22. The predicted octanol–water partition coefficient (Wildman–Crippen LogP) is 3.50. The number of nitrogens with one attached hydrogen (secondary N) is 3. The first kappa shape index (κ1) is 21.3. The van der Waals surface area contributed by atoms with E-state index in [1.165, 1.54) is 11.8 Å². The van der Waals surface area contributed by atoms with Crippen molar-refractivity contribution in [2.45, 2.75) is 19.1 Å². The lowest BCUT2D eigenvalue weighted by atomic mass is 10.0. The topological polar surface area (TPSA) is 84.9 Å². The van der Waals surface area contributed by atoms with E-state index in [1.807, 2.05) is 0 Å². The summed E-state index contributed by atoms with van der Waals surface area (Å²) in [4.78, 5) is 20.2. The molecule has 0 bridgehead atoms. The Balaban J connectivity index is 2.46. The lowest BCUT2D eigenvalue weighted by molar-refractivity contribution is -0.137. The van der Waals surface area contributed by atoms with Crippen LogP contribution in [0.25, 0.3) is 0 Å². The van der Waals surface area contributed by atoms with Crippen molar-refractivity contribution in [2.24, 2.45) is 0 Å². The molecule has 0 spiro atoms. The molecule has 0 fully saturated rings. The summed E-state index contributed by atoms with van der Waals surface area (Å²) in [5.41, 5.74) is -3.03. The van der Waals surface area contributed by atoms with E-state index in [9.17, 15) is 26.7 Å². The van der Waals surface area contributed by atoms with Gasteiger partial charge in [-0.3, -0.25) is 9.78 Å². The molecule has 11 heteroatoms. The van der Waals surface area contributed by atoms with Crippen molar-refractivity contribution in [3.63, 3.8) is 0 Å². The Morgan fingerprint density at radius 2 is 2.00 bits per heavy atom. The van der Waals surface area contributed by atoms with E-state index in [0.29, 0.717) is 6.07 Å². The third-order valence-corrected chi connectivity index (χ3v) is 3.91. The number of aromatic amines is 1. The minimum absolute atomic E-state index is 0.1000. The maximum absolute atomic E-state index is 14.2. The number of aromatic nitrogens is 2. The highest BCUT2D eigenvalue weighted by Gasteiger charge is 2.31. The molecule has 1 heterocycles. The standard InChI is InChI=1S/C17H18F5N5O/c1-8(10-5-4-9(6-11(10)19)17(20,21)22)24-14-13(12(23)7-18)15(28)26-16(25-14)27(2)3/h4-6,8,23H,7H2,1-3H3,(H2,24,25,26,28). The zero-order valence-corrected chi connectivity index (χ0v) is 15.2. The van der Waals surface area contributed by atoms with Crippen LogP contribution in [0.2, 0.25) is 0 Å². The SMILES string of the molecule is CC(Nc1nc(N(C)C)[nH]c(=O)c1C(=N)CF)c1ccc(C(F)(F)F)cc1F. The summed E-state index contributed by atoms with van der Waals surface area (Å²) in [7, 11) is 3.17.